The molecule has 0 aliphatic heterocycles. The summed E-state index contributed by atoms with van der Waals surface area (Å²) in [6.07, 6.45) is 0.780. The first-order valence-corrected chi connectivity index (χ1v) is 5.78. The van der Waals surface area contributed by atoms with Crippen molar-refractivity contribution < 1.29 is 8.78 Å². The maximum absolute atomic E-state index is 14.4. The summed E-state index contributed by atoms with van der Waals surface area (Å²) in [7, 11) is 0. The first-order chi connectivity index (χ1) is 8.07. The van der Waals surface area contributed by atoms with Crippen LogP contribution in [0.3, 0.4) is 0 Å². The van der Waals surface area contributed by atoms with Crippen LogP contribution >= 0.6 is 15.9 Å². The third kappa shape index (κ3) is 2.16. The van der Waals surface area contributed by atoms with E-state index in [1.165, 1.54) is 6.08 Å². The average Bonchev–Trinajstić information content (AvgIpc) is 2.35. The van der Waals surface area contributed by atoms with Gasteiger partial charge in [-0.25, -0.2) is 8.78 Å². The van der Waals surface area contributed by atoms with Crippen LogP contribution in [-0.4, -0.2) is 5.67 Å². The summed E-state index contributed by atoms with van der Waals surface area (Å²) in [6.45, 7) is 0. The molecule has 0 heterocycles. The monoisotopic (exact) mass is 295 g/mol. The van der Waals surface area contributed by atoms with Crippen LogP contribution in [0, 0.1) is 11.3 Å². The molecule has 1 atom stereocenters. The Kier molecular flexibility index (Phi) is 3.12. The highest BCUT2D eigenvalue weighted by Gasteiger charge is 2.40. The summed E-state index contributed by atoms with van der Waals surface area (Å²) in [5.74, 6) is -0.645. The summed E-state index contributed by atoms with van der Waals surface area (Å²) < 4.78 is 27.9. The van der Waals surface area contributed by atoms with E-state index in [1.807, 2.05) is 0 Å². The van der Waals surface area contributed by atoms with Gasteiger partial charge in [-0.15, -0.1) is 0 Å². The smallest absolute Gasteiger partial charge is 0.222 e. The van der Waals surface area contributed by atoms with Gasteiger partial charge in [0.1, 0.15) is 11.9 Å². The Morgan fingerprint density at radius 3 is 2.53 bits per heavy atom. The topological polar surface area (TPSA) is 23.8 Å². The Morgan fingerprint density at radius 2 is 1.94 bits per heavy atom. The molecule has 4 heteroatoms. The average molecular weight is 296 g/mol. The molecule has 0 N–H and O–H groups in total. The molecule has 1 unspecified atom stereocenters. The molecule has 0 saturated carbocycles. The van der Waals surface area contributed by atoms with Crippen LogP contribution < -0.4 is 0 Å². The molecule has 2 rings (SSSR count). The fourth-order valence-electron chi connectivity index (χ4n) is 1.74. The zero-order valence-electron chi connectivity index (χ0n) is 8.75. The van der Waals surface area contributed by atoms with Gasteiger partial charge in [0.15, 0.2) is 0 Å². The number of rotatable bonds is 1. The molecule has 0 amide bonds. The lowest BCUT2D eigenvalue weighted by Gasteiger charge is -2.24. The number of halogens is 3. The van der Waals surface area contributed by atoms with E-state index in [1.54, 1.807) is 36.4 Å². The second-order valence-electron chi connectivity index (χ2n) is 3.77. The van der Waals surface area contributed by atoms with Crippen molar-refractivity contribution in [3.8, 4) is 6.07 Å². The Balaban J connectivity index is 2.57. The Morgan fingerprint density at radius 1 is 1.29 bits per heavy atom. The van der Waals surface area contributed by atoms with Crippen molar-refractivity contribution in [1.29, 1.82) is 5.26 Å². The summed E-state index contributed by atoms with van der Waals surface area (Å²) >= 11 is 3.02. The lowest BCUT2D eigenvalue weighted by Crippen LogP contribution is -2.25. The van der Waals surface area contributed by atoms with Crippen LogP contribution in [0.1, 0.15) is 12.0 Å². The van der Waals surface area contributed by atoms with Crippen LogP contribution in [0.15, 0.2) is 46.7 Å². The van der Waals surface area contributed by atoms with Crippen LogP contribution in [0.2, 0.25) is 0 Å². The van der Waals surface area contributed by atoms with Gasteiger partial charge >= 0.3 is 0 Å². The SMILES string of the molecule is N#CC1(F)CC(F)=C(Br)C=C1c1ccccc1. The van der Waals surface area contributed by atoms with E-state index in [4.69, 9.17) is 5.26 Å². The van der Waals surface area contributed by atoms with E-state index in [-0.39, 0.29) is 10.1 Å². The fourth-order valence-corrected chi connectivity index (χ4v) is 2.11. The minimum Gasteiger partial charge on any atom is -0.222 e. The van der Waals surface area contributed by atoms with Gasteiger partial charge in [-0.2, -0.15) is 5.26 Å². The highest BCUT2D eigenvalue weighted by molar-refractivity contribution is 9.11. The van der Waals surface area contributed by atoms with Gasteiger partial charge in [-0.05, 0) is 27.6 Å². The zero-order valence-corrected chi connectivity index (χ0v) is 10.3. The second-order valence-corrected chi connectivity index (χ2v) is 4.62. The summed E-state index contributed by atoms with van der Waals surface area (Å²) in [5.41, 5.74) is -1.53. The minimum atomic E-state index is -2.30. The number of nitrogens with zero attached hydrogens (tertiary/aromatic N) is 1. The molecule has 1 nitrogen and oxygen atoms in total. The molecule has 0 spiro atoms. The van der Waals surface area contributed by atoms with Gasteiger partial charge in [0.2, 0.25) is 5.67 Å². The number of nitriles is 1. The third-order valence-corrected chi connectivity index (χ3v) is 3.28. The quantitative estimate of drug-likeness (QED) is 0.758. The number of allylic oxidation sites excluding steroid dienone is 4. The molecular weight excluding hydrogens is 288 g/mol. The van der Waals surface area contributed by atoms with Crippen molar-refractivity contribution in [3.05, 3.63) is 52.3 Å². The number of alkyl halides is 1. The van der Waals surface area contributed by atoms with Crippen molar-refractivity contribution in [1.82, 2.24) is 0 Å². The number of hydrogen-bond acceptors (Lipinski definition) is 1. The lowest BCUT2D eigenvalue weighted by molar-refractivity contribution is 0.298. The predicted molar refractivity (Wildman–Crippen MR) is 65.5 cm³/mol. The molecule has 0 saturated heterocycles. The van der Waals surface area contributed by atoms with Gasteiger partial charge in [0, 0.05) is 10.1 Å². The van der Waals surface area contributed by atoms with Gasteiger partial charge in [0.25, 0.3) is 0 Å². The second kappa shape index (κ2) is 4.42. The third-order valence-electron chi connectivity index (χ3n) is 2.62. The molecular formula is C13H8BrF2N. The van der Waals surface area contributed by atoms with Crippen molar-refractivity contribution >= 4 is 21.5 Å². The van der Waals surface area contributed by atoms with Crippen molar-refractivity contribution in [2.45, 2.75) is 12.1 Å². The van der Waals surface area contributed by atoms with Crippen molar-refractivity contribution in [2.24, 2.45) is 0 Å². The normalized spacial score (nSPS) is 24.2. The van der Waals surface area contributed by atoms with Gasteiger partial charge < -0.3 is 0 Å². The maximum Gasteiger partial charge on any atom is 0.228 e. The van der Waals surface area contributed by atoms with Gasteiger partial charge in [-0.1, -0.05) is 30.3 Å². The van der Waals surface area contributed by atoms with Crippen molar-refractivity contribution in [2.75, 3.05) is 0 Å². The largest absolute Gasteiger partial charge is 0.228 e. The molecule has 1 aliphatic carbocycles. The molecule has 1 aliphatic rings. The Bertz CT molecular complexity index is 542. The van der Waals surface area contributed by atoms with Crippen molar-refractivity contribution in [3.63, 3.8) is 0 Å². The maximum atomic E-state index is 14.4. The van der Waals surface area contributed by atoms with Crippen LogP contribution in [0.4, 0.5) is 8.78 Å². The van der Waals surface area contributed by atoms with Crippen LogP contribution in [-0.2, 0) is 0 Å². The van der Waals surface area contributed by atoms with Crippen LogP contribution in [0.25, 0.3) is 5.57 Å². The zero-order chi connectivity index (χ0) is 12.5. The van der Waals surface area contributed by atoms with E-state index in [2.05, 4.69) is 15.9 Å². The predicted octanol–water partition coefficient (Wildman–Crippen LogP) is 4.28. The van der Waals surface area contributed by atoms with E-state index in [0.717, 1.165) is 0 Å². The molecule has 0 bridgehead atoms. The van der Waals surface area contributed by atoms with E-state index in [9.17, 15) is 8.78 Å². The number of benzene rings is 1. The van der Waals surface area contributed by atoms with Gasteiger partial charge in [-0.3, -0.25) is 0 Å². The molecule has 0 radical (unpaired) electrons. The lowest BCUT2D eigenvalue weighted by atomic mass is 9.84. The summed E-state index contributed by atoms with van der Waals surface area (Å²) in [5, 5.41) is 8.92. The first-order valence-electron chi connectivity index (χ1n) is 4.99. The summed E-state index contributed by atoms with van der Waals surface area (Å²) in [6, 6.07) is 10.2. The minimum absolute atomic E-state index is 0.189. The molecule has 0 aromatic heterocycles. The van der Waals surface area contributed by atoms with E-state index in [0.29, 0.717) is 5.56 Å². The first kappa shape index (κ1) is 12.0. The standard InChI is InChI=1S/C13H8BrF2N/c14-11-6-10(9-4-2-1-3-5-9)13(16,8-17)7-12(11)15/h1-6H,7H2. The molecule has 1 aromatic carbocycles. The highest BCUT2D eigenvalue weighted by Crippen LogP contribution is 2.42. The summed E-state index contributed by atoms with van der Waals surface area (Å²) in [4.78, 5) is 0. The Hall–Kier alpha value is -1.47. The van der Waals surface area contributed by atoms with Crippen LogP contribution in [0.5, 0.6) is 0 Å². The van der Waals surface area contributed by atoms with Gasteiger partial charge in [0.05, 0.1) is 6.42 Å². The van der Waals surface area contributed by atoms with E-state index < -0.39 is 17.9 Å². The highest BCUT2D eigenvalue weighted by atomic mass is 79.9. The number of hydrogen-bond donors (Lipinski definition) is 0. The van der Waals surface area contributed by atoms with E-state index >= 15 is 0 Å². The molecule has 1 aromatic rings. The fraction of sp³-hybridized carbons (Fsp3) is 0.154. The molecule has 0 fully saturated rings. The molecule has 86 valence electrons. The molecule has 17 heavy (non-hydrogen) atoms. The Labute approximate surface area is 106 Å².